The molecule has 10 heteroatoms. The molecule has 0 spiro atoms. The summed E-state index contributed by atoms with van der Waals surface area (Å²) in [5.74, 6) is -2.96. The van der Waals surface area contributed by atoms with Gasteiger partial charge in [-0.15, -0.1) is 0 Å². The zero-order valence-electron chi connectivity index (χ0n) is 21.1. The molecule has 0 aromatic heterocycles. The fourth-order valence-corrected chi connectivity index (χ4v) is 3.95. The summed E-state index contributed by atoms with van der Waals surface area (Å²) in [6, 6.07) is 0. The Morgan fingerprint density at radius 3 is 2.31 bits per heavy atom. The summed E-state index contributed by atoms with van der Waals surface area (Å²) in [5.41, 5.74) is 1.17. The minimum absolute atomic E-state index is 0.0578. The van der Waals surface area contributed by atoms with E-state index < -0.39 is 23.7 Å². The number of cyclic esters (lactones) is 1. The van der Waals surface area contributed by atoms with Crippen LogP contribution in [0.25, 0.3) is 0 Å². The van der Waals surface area contributed by atoms with Gasteiger partial charge in [0.25, 0.3) is 0 Å². The third kappa shape index (κ3) is 6.55. The molecule has 0 N–H and O–H groups in total. The van der Waals surface area contributed by atoms with Crippen LogP contribution >= 0.6 is 0 Å². The quantitative estimate of drug-likeness (QED) is 0.361. The minimum atomic E-state index is -5.14. The second-order valence-electron chi connectivity index (χ2n) is 9.30. The van der Waals surface area contributed by atoms with E-state index in [0.717, 1.165) is 5.57 Å². The van der Waals surface area contributed by atoms with Crippen molar-refractivity contribution in [2.45, 2.75) is 79.2 Å². The Morgan fingerprint density at radius 1 is 1.17 bits per heavy atom. The molecule has 1 heterocycles. The average molecular weight is 500 g/mol. The van der Waals surface area contributed by atoms with Crippen LogP contribution in [0, 0.1) is 6.92 Å². The molecule has 1 amide bonds. The maximum Gasteiger partial charge on any atom is 0.471 e. The summed E-state index contributed by atoms with van der Waals surface area (Å²) >= 11 is 0. The molecule has 1 aromatic rings. The zero-order chi connectivity index (χ0) is 26.7. The summed E-state index contributed by atoms with van der Waals surface area (Å²) < 4.78 is 56.2. The number of hydrogen-bond donors (Lipinski definition) is 0. The summed E-state index contributed by atoms with van der Waals surface area (Å²) in [6.07, 6.45) is -2.82. The number of benzene rings is 1. The van der Waals surface area contributed by atoms with Gasteiger partial charge in [-0.3, -0.25) is 9.59 Å². The smallest absolute Gasteiger partial charge is 0.471 e. The van der Waals surface area contributed by atoms with Gasteiger partial charge in [0.05, 0.1) is 18.4 Å². The highest BCUT2D eigenvalue weighted by molar-refractivity contribution is 6.08. The van der Waals surface area contributed by atoms with E-state index in [1.165, 1.54) is 14.0 Å². The minimum Gasteiger partial charge on any atom is -0.496 e. The molecule has 0 unspecified atom stereocenters. The van der Waals surface area contributed by atoms with Gasteiger partial charge < -0.3 is 19.1 Å². The maximum atomic E-state index is 13.4. The number of alkyl halides is 3. The van der Waals surface area contributed by atoms with Crippen molar-refractivity contribution in [2.24, 2.45) is 0 Å². The molecule has 0 atom stereocenters. The van der Waals surface area contributed by atoms with Crippen molar-refractivity contribution in [3.05, 3.63) is 33.9 Å². The second kappa shape index (κ2) is 10.7. The van der Waals surface area contributed by atoms with Gasteiger partial charge in [-0.2, -0.15) is 13.2 Å². The zero-order valence-corrected chi connectivity index (χ0v) is 21.1. The van der Waals surface area contributed by atoms with Gasteiger partial charge in [-0.05, 0) is 59.9 Å². The van der Waals surface area contributed by atoms with Gasteiger partial charge in [0.15, 0.2) is 0 Å². The number of esters is 2. The topological polar surface area (TPSA) is 82.1 Å². The number of methoxy groups -OCH3 is 1. The maximum absolute atomic E-state index is 13.4. The molecule has 194 valence electrons. The summed E-state index contributed by atoms with van der Waals surface area (Å²) in [4.78, 5) is 37.4. The number of carbonyl (C=O) groups excluding carboxylic acids is 3. The summed E-state index contributed by atoms with van der Waals surface area (Å²) in [6.45, 7) is 9.73. The number of fused-ring (bicyclic) bond motifs is 1. The van der Waals surface area contributed by atoms with Crippen molar-refractivity contribution < 1.29 is 41.8 Å². The number of halogens is 3. The molecule has 0 radical (unpaired) electrons. The molecule has 7 nitrogen and oxygen atoms in total. The number of allylic oxidation sites excluding steroid dienone is 2. The Balaban J connectivity index is 2.54. The Kier molecular flexibility index (Phi) is 8.62. The van der Waals surface area contributed by atoms with E-state index in [1.807, 2.05) is 0 Å². The van der Waals surface area contributed by atoms with Crippen molar-refractivity contribution in [1.29, 1.82) is 0 Å². The third-order valence-electron chi connectivity index (χ3n) is 5.52. The van der Waals surface area contributed by atoms with Crippen LogP contribution in [0.3, 0.4) is 0 Å². The molecule has 35 heavy (non-hydrogen) atoms. The lowest BCUT2D eigenvalue weighted by molar-refractivity contribution is -0.170. The molecular weight excluding hydrogens is 467 g/mol. The highest BCUT2D eigenvalue weighted by atomic mass is 19.4. The van der Waals surface area contributed by atoms with Gasteiger partial charge in [0, 0.05) is 24.1 Å². The molecule has 0 bridgehead atoms. The first-order valence-corrected chi connectivity index (χ1v) is 11.3. The highest BCUT2D eigenvalue weighted by Gasteiger charge is 2.45. The largest absolute Gasteiger partial charge is 0.496 e. The average Bonchev–Trinajstić information content (AvgIpc) is 3.12. The first-order valence-electron chi connectivity index (χ1n) is 11.3. The molecule has 0 saturated carbocycles. The standard InChI is InChI=1S/C25H32F3NO6/c1-8-29(23(32)25(26,27)28)20-16(11-9-14(2)10-12-18(30)35-24(4,5)6)21(33-7)15(3)17-13-34-22(31)19(17)20/h9H,8,10-13H2,1-7H3. The van der Waals surface area contributed by atoms with Crippen molar-refractivity contribution in [1.82, 2.24) is 0 Å². The second-order valence-corrected chi connectivity index (χ2v) is 9.30. The fraction of sp³-hybridized carbons (Fsp3) is 0.560. The number of carbonyl (C=O) groups is 3. The van der Waals surface area contributed by atoms with Gasteiger partial charge in [0.1, 0.15) is 18.0 Å². The molecule has 2 rings (SSSR count). The van der Waals surface area contributed by atoms with Crippen LogP contribution in [0.1, 0.15) is 74.5 Å². The van der Waals surface area contributed by atoms with Crippen LogP contribution in [0.5, 0.6) is 5.75 Å². The first-order chi connectivity index (χ1) is 16.1. The normalized spacial score (nSPS) is 13.9. The lowest BCUT2D eigenvalue weighted by Gasteiger charge is -2.28. The molecule has 1 aromatic carbocycles. The monoisotopic (exact) mass is 499 g/mol. The van der Waals surface area contributed by atoms with Gasteiger partial charge in [0.2, 0.25) is 0 Å². The van der Waals surface area contributed by atoms with Crippen LogP contribution in [0.15, 0.2) is 11.6 Å². The highest BCUT2D eigenvalue weighted by Crippen LogP contribution is 2.44. The van der Waals surface area contributed by atoms with Crippen molar-refractivity contribution >= 4 is 23.5 Å². The number of amides is 1. The van der Waals surface area contributed by atoms with E-state index in [-0.39, 0.29) is 54.5 Å². The fourth-order valence-electron chi connectivity index (χ4n) is 3.95. The van der Waals surface area contributed by atoms with E-state index in [4.69, 9.17) is 14.2 Å². The third-order valence-corrected chi connectivity index (χ3v) is 5.52. The van der Waals surface area contributed by atoms with Crippen LogP contribution in [-0.2, 0) is 32.1 Å². The van der Waals surface area contributed by atoms with E-state index in [0.29, 0.717) is 22.4 Å². The molecule has 1 aliphatic rings. The molecule has 0 saturated heterocycles. The predicted molar refractivity (Wildman–Crippen MR) is 123 cm³/mol. The molecule has 0 aliphatic carbocycles. The van der Waals surface area contributed by atoms with Crippen LogP contribution < -0.4 is 9.64 Å². The van der Waals surface area contributed by atoms with Crippen LogP contribution in [-0.4, -0.2) is 43.3 Å². The Morgan fingerprint density at radius 2 is 1.80 bits per heavy atom. The van der Waals surface area contributed by atoms with Gasteiger partial charge in [-0.25, -0.2) is 4.79 Å². The summed E-state index contributed by atoms with van der Waals surface area (Å²) in [7, 11) is 1.38. The van der Waals surface area contributed by atoms with Gasteiger partial charge in [-0.1, -0.05) is 11.6 Å². The Bertz CT molecular complexity index is 1040. The lowest BCUT2D eigenvalue weighted by Crippen LogP contribution is -2.42. The van der Waals surface area contributed by atoms with Crippen LogP contribution in [0.2, 0.25) is 0 Å². The molecule has 1 aliphatic heterocycles. The predicted octanol–water partition coefficient (Wildman–Crippen LogP) is 5.20. The number of hydrogen-bond acceptors (Lipinski definition) is 6. The SMILES string of the molecule is CCN(C(=O)C(F)(F)F)c1c(CC=C(C)CCC(=O)OC(C)(C)C)c(OC)c(C)c2c1C(=O)OC2. The van der Waals surface area contributed by atoms with Crippen molar-refractivity contribution in [3.8, 4) is 5.75 Å². The van der Waals surface area contributed by atoms with Crippen molar-refractivity contribution in [2.75, 3.05) is 18.6 Å². The molecular formula is C25H32F3NO6. The first kappa shape index (κ1) is 28.2. The Labute approximate surface area is 203 Å². The molecule has 0 fully saturated rings. The number of rotatable bonds is 8. The number of ether oxygens (including phenoxy) is 3. The van der Waals surface area contributed by atoms with E-state index in [9.17, 15) is 27.6 Å². The van der Waals surface area contributed by atoms with E-state index >= 15 is 0 Å². The lowest BCUT2D eigenvalue weighted by atomic mass is 9.92. The van der Waals surface area contributed by atoms with E-state index in [2.05, 4.69) is 0 Å². The van der Waals surface area contributed by atoms with Crippen molar-refractivity contribution in [3.63, 3.8) is 0 Å². The van der Waals surface area contributed by atoms with Crippen LogP contribution in [0.4, 0.5) is 18.9 Å². The number of anilines is 1. The summed E-state index contributed by atoms with van der Waals surface area (Å²) in [5, 5.41) is 0. The van der Waals surface area contributed by atoms with E-state index in [1.54, 1.807) is 40.7 Å². The number of nitrogens with zero attached hydrogens (tertiary/aromatic N) is 1. The van der Waals surface area contributed by atoms with Gasteiger partial charge >= 0.3 is 24.0 Å². The Hall–Kier alpha value is -3.04.